The van der Waals surface area contributed by atoms with Crippen molar-refractivity contribution in [2.45, 2.75) is 26.7 Å². The summed E-state index contributed by atoms with van der Waals surface area (Å²) in [5, 5.41) is 10.8. The standard InChI is InChI=1S/C20H21N3O3/c1-12(2)16-10-5-7-13(3)17(16)21-18(24)20-23-22-19(26-20)14-8-6-9-15(11-14)25-4/h5-12H,1-4H3,(H,21,24). The van der Waals surface area contributed by atoms with Gasteiger partial charge in [-0.3, -0.25) is 4.79 Å². The quantitative estimate of drug-likeness (QED) is 0.736. The van der Waals surface area contributed by atoms with Crippen molar-refractivity contribution in [3.05, 3.63) is 59.5 Å². The Morgan fingerprint density at radius 2 is 1.92 bits per heavy atom. The third kappa shape index (κ3) is 3.59. The minimum atomic E-state index is -0.428. The highest BCUT2D eigenvalue weighted by Gasteiger charge is 2.19. The summed E-state index contributed by atoms with van der Waals surface area (Å²) in [6.07, 6.45) is 0. The zero-order chi connectivity index (χ0) is 18.7. The highest BCUT2D eigenvalue weighted by atomic mass is 16.5. The Hall–Kier alpha value is -3.15. The van der Waals surface area contributed by atoms with Crippen LogP contribution in [0.1, 0.15) is 41.6 Å². The average Bonchev–Trinajstić information content (AvgIpc) is 3.13. The second kappa shape index (κ2) is 7.39. The van der Waals surface area contributed by atoms with Crippen LogP contribution in [0.5, 0.6) is 5.75 Å². The molecule has 0 aliphatic rings. The van der Waals surface area contributed by atoms with Crippen molar-refractivity contribution in [2.24, 2.45) is 0 Å². The Bertz CT molecular complexity index is 932. The van der Waals surface area contributed by atoms with Crippen molar-refractivity contribution in [3.8, 4) is 17.2 Å². The molecule has 0 unspecified atom stereocenters. The summed E-state index contributed by atoms with van der Waals surface area (Å²) >= 11 is 0. The van der Waals surface area contributed by atoms with Gasteiger partial charge in [0.15, 0.2) is 0 Å². The van der Waals surface area contributed by atoms with E-state index >= 15 is 0 Å². The lowest BCUT2D eigenvalue weighted by Gasteiger charge is -2.15. The first kappa shape index (κ1) is 17.7. The van der Waals surface area contributed by atoms with E-state index in [-0.39, 0.29) is 17.7 Å². The van der Waals surface area contributed by atoms with Crippen molar-refractivity contribution in [1.82, 2.24) is 10.2 Å². The largest absolute Gasteiger partial charge is 0.497 e. The molecule has 1 heterocycles. The summed E-state index contributed by atoms with van der Waals surface area (Å²) < 4.78 is 10.7. The molecule has 1 amide bonds. The highest BCUT2D eigenvalue weighted by Crippen LogP contribution is 2.28. The van der Waals surface area contributed by atoms with E-state index in [1.165, 1.54) is 0 Å². The second-order valence-electron chi connectivity index (χ2n) is 6.29. The fraction of sp³-hybridized carbons (Fsp3) is 0.250. The maximum absolute atomic E-state index is 12.6. The molecule has 26 heavy (non-hydrogen) atoms. The van der Waals surface area contributed by atoms with Crippen LogP contribution in [0, 0.1) is 6.92 Å². The number of amides is 1. The average molecular weight is 351 g/mol. The molecule has 134 valence electrons. The number of nitrogens with zero attached hydrogens (tertiary/aromatic N) is 2. The van der Waals surface area contributed by atoms with E-state index in [1.807, 2.05) is 43.3 Å². The summed E-state index contributed by atoms with van der Waals surface area (Å²) in [4.78, 5) is 12.6. The molecule has 0 atom stereocenters. The molecular weight excluding hydrogens is 330 g/mol. The van der Waals surface area contributed by atoms with E-state index in [2.05, 4.69) is 29.4 Å². The number of aryl methyl sites for hydroxylation is 1. The summed E-state index contributed by atoms with van der Waals surface area (Å²) in [7, 11) is 1.58. The summed E-state index contributed by atoms with van der Waals surface area (Å²) in [5.74, 6) is 0.708. The Balaban J connectivity index is 1.85. The molecule has 6 nitrogen and oxygen atoms in total. The van der Waals surface area contributed by atoms with Crippen LogP contribution in [-0.4, -0.2) is 23.2 Å². The molecule has 0 saturated carbocycles. The number of aromatic nitrogens is 2. The molecule has 0 aliphatic heterocycles. The third-order valence-corrected chi connectivity index (χ3v) is 4.10. The molecule has 0 bridgehead atoms. The van der Waals surface area contributed by atoms with Crippen molar-refractivity contribution in [1.29, 1.82) is 0 Å². The number of hydrogen-bond acceptors (Lipinski definition) is 5. The van der Waals surface area contributed by atoms with Gasteiger partial charge in [0.25, 0.3) is 0 Å². The maximum Gasteiger partial charge on any atom is 0.313 e. The Morgan fingerprint density at radius 1 is 1.15 bits per heavy atom. The Kier molecular flexibility index (Phi) is 5.02. The lowest BCUT2D eigenvalue weighted by atomic mass is 9.98. The molecule has 3 aromatic rings. The van der Waals surface area contributed by atoms with E-state index in [4.69, 9.17) is 9.15 Å². The summed E-state index contributed by atoms with van der Waals surface area (Å²) in [5.41, 5.74) is 3.52. The number of carbonyl (C=O) groups excluding carboxylic acids is 1. The third-order valence-electron chi connectivity index (χ3n) is 4.10. The van der Waals surface area contributed by atoms with Crippen LogP contribution in [0.25, 0.3) is 11.5 Å². The van der Waals surface area contributed by atoms with Crippen molar-refractivity contribution in [3.63, 3.8) is 0 Å². The molecule has 3 rings (SSSR count). The van der Waals surface area contributed by atoms with Gasteiger partial charge in [0, 0.05) is 11.3 Å². The van der Waals surface area contributed by atoms with Crippen LogP contribution in [-0.2, 0) is 0 Å². The van der Waals surface area contributed by atoms with Crippen LogP contribution < -0.4 is 10.1 Å². The molecule has 0 aliphatic carbocycles. The molecule has 0 radical (unpaired) electrons. The normalized spacial score (nSPS) is 10.8. The lowest BCUT2D eigenvalue weighted by molar-refractivity contribution is 0.0990. The summed E-state index contributed by atoms with van der Waals surface area (Å²) in [6.45, 7) is 6.12. The molecule has 0 saturated heterocycles. The molecular formula is C20H21N3O3. The second-order valence-corrected chi connectivity index (χ2v) is 6.29. The number of ether oxygens (including phenoxy) is 1. The van der Waals surface area contributed by atoms with Gasteiger partial charge in [-0.05, 0) is 42.2 Å². The van der Waals surface area contributed by atoms with Crippen LogP contribution in [0.2, 0.25) is 0 Å². The first-order valence-corrected chi connectivity index (χ1v) is 8.38. The molecule has 1 N–H and O–H groups in total. The molecule has 0 fully saturated rings. The molecule has 1 aromatic heterocycles. The number of methoxy groups -OCH3 is 1. The van der Waals surface area contributed by atoms with Crippen LogP contribution in [0.4, 0.5) is 5.69 Å². The minimum absolute atomic E-state index is 0.0826. The van der Waals surface area contributed by atoms with Gasteiger partial charge in [-0.1, -0.05) is 38.1 Å². The van der Waals surface area contributed by atoms with Crippen molar-refractivity contribution >= 4 is 11.6 Å². The van der Waals surface area contributed by atoms with Crippen molar-refractivity contribution < 1.29 is 13.9 Å². The van der Waals surface area contributed by atoms with Gasteiger partial charge in [-0.25, -0.2) is 0 Å². The monoisotopic (exact) mass is 351 g/mol. The fourth-order valence-corrected chi connectivity index (χ4v) is 2.70. The van der Waals surface area contributed by atoms with E-state index < -0.39 is 5.91 Å². The Morgan fingerprint density at radius 3 is 2.65 bits per heavy atom. The zero-order valence-corrected chi connectivity index (χ0v) is 15.2. The summed E-state index contributed by atoms with van der Waals surface area (Å²) in [6, 6.07) is 13.2. The van der Waals surface area contributed by atoms with Crippen LogP contribution in [0.15, 0.2) is 46.9 Å². The van der Waals surface area contributed by atoms with Gasteiger partial charge in [-0.2, -0.15) is 0 Å². The smallest absolute Gasteiger partial charge is 0.313 e. The van der Waals surface area contributed by atoms with Crippen LogP contribution in [0.3, 0.4) is 0 Å². The van der Waals surface area contributed by atoms with E-state index in [0.717, 1.165) is 16.8 Å². The first-order chi connectivity index (χ1) is 12.5. The number of para-hydroxylation sites is 1. The number of carbonyl (C=O) groups is 1. The fourth-order valence-electron chi connectivity index (χ4n) is 2.70. The lowest BCUT2D eigenvalue weighted by Crippen LogP contribution is -2.15. The number of nitrogens with one attached hydrogen (secondary N) is 1. The van der Waals surface area contributed by atoms with Gasteiger partial charge >= 0.3 is 11.8 Å². The van der Waals surface area contributed by atoms with Crippen LogP contribution >= 0.6 is 0 Å². The van der Waals surface area contributed by atoms with E-state index in [0.29, 0.717) is 11.3 Å². The number of benzene rings is 2. The predicted octanol–water partition coefficient (Wildman–Crippen LogP) is 4.43. The van der Waals surface area contributed by atoms with Crippen molar-refractivity contribution in [2.75, 3.05) is 12.4 Å². The molecule has 2 aromatic carbocycles. The SMILES string of the molecule is COc1cccc(-c2nnc(C(=O)Nc3c(C)cccc3C(C)C)o2)c1. The number of hydrogen-bond donors (Lipinski definition) is 1. The number of anilines is 1. The highest BCUT2D eigenvalue weighted by molar-refractivity contribution is 6.02. The first-order valence-electron chi connectivity index (χ1n) is 8.38. The van der Waals surface area contributed by atoms with Gasteiger partial charge in [0.05, 0.1) is 7.11 Å². The van der Waals surface area contributed by atoms with Gasteiger partial charge in [0.1, 0.15) is 5.75 Å². The van der Waals surface area contributed by atoms with Gasteiger partial charge in [-0.15, -0.1) is 10.2 Å². The topological polar surface area (TPSA) is 77.2 Å². The predicted molar refractivity (Wildman–Crippen MR) is 99.5 cm³/mol. The maximum atomic E-state index is 12.6. The number of rotatable bonds is 5. The van der Waals surface area contributed by atoms with E-state index in [9.17, 15) is 4.79 Å². The minimum Gasteiger partial charge on any atom is -0.497 e. The van der Waals surface area contributed by atoms with E-state index in [1.54, 1.807) is 13.2 Å². The Labute approximate surface area is 152 Å². The molecule has 0 spiro atoms. The van der Waals surface area contributed by atoms with Gasteiger partial charge < -0.3 is 14.5 Å². The van der Waals surface area contributed by atoms with Gasteiger partial charge in [0.2, 0.25) is 5.89 Å². The molecule has 6 heteroatoms. The zero-order valence-electron chi connectivity index (χ0n) is 15.2.